The van der Waals surface area contributed by atoms with E-state index < -0.39 is 0 Å². The van der Waals surface area contributed by atoms with E-state index >= 15 is 0 Å². The van der Waals surface area contributed by atoms with Gasteiger partial charge in [0.05, 0.1) is 5.69 Å². The molecule has 0 spiro atoms. The highest BCUT2D eigenvalue weighted by molar-refractivity contribution is 5.92. The molecule has 0 radical (unpaired) electrons. The quantitative estimate of drug-likeness (QED) is 0.634. The summed E-state index contributed by atoms with van der Waals surface area (Å²) in [4.78, 5) is 22.0. The van der Waals surface area contributed by atoms with Crippen molar-refractivity contribution in [2.24, 2.45) is 0 Å². The number of aromatic nitrogens is 2. The molecule has 1 N–H and O–H groups in total. The second kappa shape index (κ2) is 10.1. The molecule has 3 aromatic rings. The summed E-state index contributed by atoms with van der Waals surface area (Å²) in [5.74, 6) is -0.0335. The first-order chi connectivity index (χ1) is 14.9. The van der Waals surface area contributed by atoms with E-state index in [9.17, 15) is 9.18 Å². The third-order valence-corrected chi connectivity index (χ3v) is 5.15. The number of allylic oxidation sites excluding steroid dienone is 1. The van der Waals surface area contributed by atoms with Gasteiger partial charge in [-0.1, -0.05) is 12.5 Å². The molecule has 0 fully saturated rings. The van der Waals surface area contributed by atoms with Gasteiger partial charge in [0.25, 0.3) is 5.91 Å². The molecule has 0 bridgehead atoms. The monoisotopic (exact) mass is 426 g/mol. The number of hydrogen-bond acceptors (Lipinski definition) is 6. The molecule has 4 rings (SSSR count). The summed E-state index contributed by atoms with van der Waals surface area (Å²) in [6.45, 7) is 9.40. The lowest BCUT2D eigenvalue weighted by Gasteiger charge is -2.29. The van der Waals surface area contributed by atoms with Crippen LogP contribution >= 0.6 is 0 Å². The number of carbonyl (C=O) groups is 1. The molecule has 0 atom stereocenters. The largest absolute Gasteiger partial charge is 0.443 e. The Labute approximate surface area is 180 Å². The van der Waals surface area contributed by atoms with Crippen molar-refractivity contribution in [2.75, 3.05) is 13.1 Å². The SMILES string of the molecule is CCC(C)=CNC1=C(C)CN(C(=O)c2ocnc2C)CC1.Fc1ccc2ncoc2c1. The van der Waals surface area contributed by atoms with Crippen molar-refractivity contribution in [1.29, 1.82) is 0 Å². The van der Waals surface area contributed by atoms with Crippen LogP contribution in [0.3, 0.4) is 0 Å². The highest BCUT2D eigenvalue weighted by Crippen LogP contribution is 2.19. The number of benzene rings is 1. The Balaban J connectivity index is 0.000000225. The number of aryl methyl sites for hydroxylation is 1. The predicted octanol–water partition coefficient (Wildman–Crippen LogP) is 4.97. The highest BCUT2D eigenvalue weighted by Gasteiger charge is 2.25. The van der Waals surface area contributed by atoms with Crippen LogP contribution in [0.2, 0.25) is 0 Å². The van der Waals surface area contributed by atoms with Crippen LogP contribution in [0.5, 0.6) is 0 Å². The number of nitrogens with zero attached hydrogens (tertiary/aromatic N) is 3. The minimum Gasteiger partial charge on any atom is -0.443 e. The minimum atomic E-state index is -0.302. The van der Waals surface area contributed by atoms with Crippen molar-refractivity contribution in [2.45, 2.75) is 40.5 Å². The smallest absolute Gasteiger partial charge is 0.291 e. The lowest BCUT2D eigenvalue weighted by Crippen LogP contribution is -2.38. The summed E-state index contributed by atoms with van der Waals surface area (Å²) in [6, 6.07) is 4.24. The van der Waals surface area contributed by atoms with Crippen molar-refractivity contribution in [3.05, 3.63) is 71.3 Å². The Bertz CT molecular complexity index is 1110. The molecule has 3 heterocycles. The van der Waals surface area contributed by atoms with Gasteiger partial charge >= 0.3 is 0 Å². The van der Waals surface area contributed by atoms with Crippen LogP contribution in [0.1, 0.15) is 49.9 Å². The molecule has 164 valence electrons. The first kappa shape index (κ1) is 22.3. The fourth-order valence-corrected chi connectivity index (χ4v) is 3.08. The molecule has 1 aromatic carbocycles. The molecular weight excluding hydrogens is 399 g/mol. The molecular formula is C23H27FN4O3. The molecule has 7 nitrogen and oxygen atoms in total. The van der Waals surface area contributed by atoms with Crippen LogP contribution in [0.25, 0.3) is 11.1 Å². The van der Waals surface area contributed by atoms with Crippen LogP contribution in [0.15, 0.2) is 62.9 Å². The average molecular weight is 426 g/mol. The van der Waals surface area contributed by atoms with Gasteiger partial charge in [0.1, 0.15) is 11.3 Å². The fourth-order valence-electron chi connectivity index (χ4n) is 3.08. The van der Waals surface area contributed by atoms with E-state index in [0.717, 1.165) is 12.8 Å². The summed E-state index contributed by atoms with van der Waals surface area (Å²) in [7, 11) is 0. The standard InChI is InChI=1S/C16H23N3O2.C7H4FNO/c1-5-11(2)8-17-14-6-7-19(9-12(14)3)16(20)15-13(4)18-10-21-15;8-5-1-2-6-7(3-5)10-4-9-6/h8,10,17H,5-7,9H2,1-4H3;1-4H. The molecule has 1 amide bonds. The summed E-state index contributed by atoms with van der Waals surface area (Å²) < 4.78 is 22.5. The number of nitrogens with one attached hydrogen (secondary N) is 1. The van der Waals surface area contributed by atoms with Crippen LogP contribution in [-0.2, 0) is 0 Å². The topological polar surface area (TPSA) is 84.4 Å². The van der Waals surface area contributed by atoms with Crippen molar-refractivity contribution in [3.8, 4) is 0 Å². The first-order valence-electron chi connectivity index (χ1n) is 10.2. The zero-order valence-electron chi connectivity index (χ0n) is 18.2. The number of carbonyl (C=O) groups excluding carboxylic acids is 1. The molecule has 2 aromatic heterocycles. The minimum absolute atomic E-state index is 0.0799. The fraction of sp³-hybridized carbons (Fsp3) is 0.348. The Morgan fingerprint density at radius 1 is 1.26 bits per heavy atom. The van der Waals surface area contributed by atoms with E-state index in [1.807, 2.05) is 4.90 Å². The lowest BCUT2D eigenvalue weighted by atomic mass is 10.1. The summed E-state index contributed by atoms with van der Waals surface area (Å²) in [6.07, 6.45) is 6.54. The number of amides is 1. The van der Waals surface area contributed by atoms with Gasteiger partial charge in [0.2, 0.25) is 5.76 Å². The maximum atomic E-state index is 12.4. The second-order valence-electron chi connectivity index (χ2n) is 7.46. The summed E-state index contributed by atoms with van der Waals surface area (Å²) in [5, 5.41) is 3.37. The highest BCUT2D eigenvalue weighted by atomic mass is 19.1. The molecule has 8 heteroatoms. The third-order valence-electron chi connectivity index (χ3n) is 5.15. The average Bonchev–Trinajstić information content (AvgIpc) is 3.40. The predicted molar refractivity (Wildman–Crippen MR) is 116 cm³/mol. The summed E-state index contributed by atoms with van der Waals surface area (Å²) >= 11 is 0. The zero-order valence-corrected chi connectivity index (χ0v) is 18.2. The van der Waals surface area contributed by atoms with Gasteiger partial charge in [0.15, 0.2) is 18.4 Å². The van der Waals surface area contributed by atoms with E-state index in [2.05, 4.69) is 42.3 Å². The van der Waals surface area contributed by atoms with Crippen LogP contribution in [-0.4, -0.2) is 33.9 Å². The van der Waals surface area contributed by atoms with Gasteiger partial charge in [-0.15, -0.1) is 0 Å². The lowest BCUT2D eigenvalue weighted by molar-refractivity contribution is 0.0729. The number of hydrogen-bond donors (Lipinski definition) is 1. The third kappa shape index (κ3) is 5.59. The van der Waals surface area contributed by atoms with Crippen LogP contribution < -0.4 is 5.32 Å². The molecule has 1 aliphatic heterocycles. The van der Waals surface area contributed by atoms with E-state index in [0.29, 0.717) is 35.6 Å². The maximum Gasteiger partial charge on any atom is 0.291 e. The van der Waals surface area contributed by atoms with Gasteiger partial charge in [-0.2, -0.15) is 0 Å². The van der Waals surface area contributed by atoms with Gasteiger partial charge in [-0.3, -0.25) is 4.79 Å². The first-order valence-corrected chi connectivity index (χ1v) is 10.2. The van der Waals surface area contributed by atoms with E-state index in [1.54, 1.807) is 13.0 Å². The summed E-state index contributed by atoms with van der Waals surface area (Å²) in [5.41, 5.74) is 5.52. The number of rotatable bonds is 4. The van der Waals surface area contributed by atoms with Crippen molar-refractivity contribution >= 4 is 17.0 Å². The van der Waals surface area contributed by atoms with Crippen molar-refractivity contribution < 1.29 is 18.0 Å². The second-order valence-corrected chi connectivity index (χ2v) is 7.46. The van der Waals surface area contributed by atoms with Gasteiger partial charge in [0, 0.05) is 31.3 Å². The normalized spacial score (nSPS) is 14.5. The molecule has 31 heavy (non-hydrogen) atoms. The molecule has 0 saturated heterocycles. The van der Waals surface area contributed by atoms with Crippen LogP contribution in [0.4, 0.5) is 4.39 Å². The molecule has 0 aliphatic carbocycles. The van der Waals surface area contributed by atoms with Gasteiger partial charge in [-0.05, 0) is 51.1 Å². The Morgan fingerprint density at radius 2 is 2.03 bits per heavy atom. The van der Waals surface area contributed by atoms with Gasteiger partial charge in [-0.25, -0.2) is 14.4 Å². The van der Waals surface area contributed by atoms with Crippen molar-refractivity contribution in [3.63, 3.8) is 0 Å². The number of oxazole rings is 2. The number of halogens is 1. The van der Waals surface area contributed by atoms with Gasteiger partial charge < -0.3 is 19.1 Å². The Hall–Kier alpha value is -3.42. The van der Waals surface area contributed by atoms with E-state index in [4.69, 9.17) is 8.83 Å². The molecule has 0 unspecified atom stereocenters. The Morgan fingerprint density at radius 3 is 2.71 bits per heavy atom. The maximum absolute atomic E-state index is 12.4. The van der Waals surface area contributed by atoms with Crippen molar-refractivity contribution in [1.82, 2.24) is 20.2 Å². The Kier molecular flexibility index (Phi) is 7.23. The van der Waals surface area contributed by atoms with Crippen LogP contribution in [0, 0.1) is 12.7 Å². The van der Waals surface area contributed by atoms with E-state index in [1.165, 1.54) is 41.8 Å². The number of fused-ring (bicyclic) bond motifs is 1. The zero-order chi connectivity index (χ0) is 22.4. The molecule has 1 aliphatic rings. The molecule has 0 saturated carbocycles. The van der Waals surface area contributed by atoms with E-state index in [-0.39, 0.29) is 11.7 Å².